The average molecular weight is 448 g/mol. The summed E-state index contributed by atoms with van der Waals surface area (Å²) in [6, 6.07) is 16.2. The molecule has 2 aromatic carbocycles. The van der Waals surface area contributed by atoms with Crippen LogP contribution in [0, 0.1) is 5.92 Å². The number of aliphatic hydroxyl groups is 1. The lowest BCUT2D eigenvalue weighted by molar-refractivity contribution is -0.195. The highest BCUT2D eigenvalue weighted by Crippen LogP contribution is 2.58. The first-order chi connectivity index (χ1) is 16.0. The first-order valence-corrected chi connectivity index (χ1v) is 12.3. The third-order valence-corrected chi connectivity index (χ3v) is 8.71. The maximum Gasteiger partial charge on any atom is 0.162 e. The van der Waals surface area contributed by atoms with Gasteiger partial charge in [-0.25, -0.2) is 0 Å². The molecule has 0 radical (unpaired) electrons. The Labute approximate surface area is 195 Å². The molecular weight excluding hydrogens is 414 g/mol. The van der Waals surface area contributed by atoms with Gasteiger partial charge < -0.3 is 14.6 Å². The van der Waals surface area contributed by atoms with Crippen LogP contribution in [0.4, 0.5) is 0 Å². The fourth-order valence-corrected chi connectivity index (χ4v) is 6.76. The third kappa shape index (κ3) is 3.44. The van der Waals surface area contributed by atoms with Crippen molar-refractivity contribution in [1.82, 2.24) is 4.90 Å². The number of fused-ring (bicyclic) bond motifs is 1. The van der Waals surface area contributed by atoms with Crippen molar-refractivity contribution < 1.29 is 19.4 Å². The lowest BCUT2D eigenvalue weighted by atomic mass is 9.49. The van der Waals surface area contributed by atoms with Crippen LogP contribution in [0.5, 0.6) is 5.75 Å². The quantitative estimate of drug-likeness (QED) is 0.733. The highest BCUT2D eigenvalue weighted by atomic mass is 16.5. The molecule has 0 amide bonds. The number of carbonyl (C=O) groups is 1. The summed E-state index contributed by atoms with van der Waals surface area (Å²) >= 11 is 0. The first-order valence-electron chi connectivity index (χ1n) is 12.3. The van der Waals surface area contributed by atoms with Crippen LogP contribution < -0.4 is 4.74 Å². The number of benzene rings is 2. The van der Waals surface area contributed by atoms with Crippen molar-refractivity contribution in [3.05, 3.63) is 65.2 Å². The molecule has 3 fully saturated rings. The van der Waals surface area contributed by atoms with Crippen LogP contribution in [-0.2, 0) is 28.0 Å². The molecular formula is C28H33NO4. The summed E-state index contributed by atoms with van der Waals surface area (Å²) in [5.41, 5.74) is 1.86. The molecule has 1 heterocycles. The van der Waals surface area contributed by atoms with Gasteiger partial charge in [0.25, 0.3) is 0 Å². The van der Waals surface area contributed by atoms with Gasteiger partial charge in [0.1, 0.15) is 11.9 Å². The number of ketones is 1. The fourth-order valence-electron chi connectivity index (χ4n) is 6.76. The van der Waals surface area contributed by atoms with Crippen molar-refractivity contribution in [2.45, 2.75) is 68.3 Å². The molecule has 0 aromatic heterocycles. The molecule has 2 aromatic rings. The Morgan fingerprint density at radius 3 is 2.73 bits per heavy atom. The van der Waals surface area contributed by atoms with E-state index in [1.54, 1.807) is 7.11 Å². The molecule has 3 aliphatic carbocycles. The van der Waals surface area contributed by atoms with Gasteiger partial charge in [0.2, 0.25) is 0 Å². The minimum Gasteiger partial charge on any atom is -0.497 e. The van der Waals surface area contributed by atoms with E-state index in [1.165, 1.54) is 18.4 Å². The second-order valence-corrected chi connectivity index (χ2v) is 10.6. The van der Waals surface area contributed by atoms with Crippen LogP contribution in [0.3, 0.4) is 0 Å². The summed E-state index contributed by atoms with van der Waals surface area (Å²) < 4.78 is 11.7. The van der Waals surface area contributed by atoms with Crippen molar-refractivity contribution in [1.29, 1.82) is 0 Å². The largest absolute Gasteiger partial charge is 0.497 e. The smallest absolute Gasteiger partial charge is 0.162 e. The molecule has 5 nitrogen and oxygen atoms in total. The fraction of sp³-hybridized carbons (Fsp3) is 0.536. The average Bonchev–Trinajstić information content (AvgIpc) is 3.64. The number of hydrogen-bond donors (Lipinski definition) is 1. The zero-order valence-electron chi connectivity index (χ0n) is 19.3. The van der Waals surface area contributed by atoms with Gasteiger partial charge in [0.15, 0.2) is 5.78 Å². The van der Waals surface area contributed by atoms with Crippen LogP contribution in [0.15, 0.2) is 48.5 Å². The highest BCUT2D eigenvalue weighted by molar-refractivity contribution is 5.87. The van der Waals surface area contributed by atoms with E-state index in [9.17, 15) is 9.90 Å². The summed E-state index contributed by atoms with van der Waals surface area (Å²) in [5.74, 6) is 1.66. The van der Waals surface area contributed by atoms with E-state index in [4.69, 9.17) is 9.47 Å². The Morgan fingerprint density at radius 1 is 1.15 bits per heavy atom. The zero-order chi connectivity index (χ0) is 22.6. The SMILES string of the molecule is COc1ccc2c(c1)[C@]13CCN(CC4CC4)[C@H](C2)[C@]1(O)CC(OCc1ccccc1)C(=O)C3. The standard InChI is InChI=1S/C28H33NO4/c1-32-22-10-9-21-13-26-28(31)16-25(33-18-20-5-3-2-4-6-20)24(30)15-27(28,23(21)14-22)11-12-29(26)17-19-7-8-19/h2-6,9-10,14,19,25-26,31H,7-8,11-13,15-18H2,1H3/t25?,26-,27-,28-/m1/s1. The summed E-state index contributed by atoms with van der Waals surface area (Å²) in [4.78, 5) is 16.0. The Morgan fingerprint density at radius 2 is 1.97 bits per heavy atom. The number of methoxy groups -OCH3 is 1. The molecule has 1 N–H and O–H groups in total. The maximum absolute atomic E-state index is 13.5. The lowest BCUT2D eigenvalue weighted by Crippen LogP contribution is -2.75. The minimum absolute atomic E-state index is 0.0173. The van der Waals surface area contributed by atoms with Crippen LogP contribution in [-0.4, -0.2) is 53.7 Å². The molecule has 174 valence electrons. The molecule has 4 aliphatic rings. The normalized spacial score (nSPS) is 33.3. The van der Waals surface area contributed by atoms with E-state index < -0.39 is 17.1 Å². The van der Waals surface area contributed by atoms with E-state index in [2.05, 4.69) is 17.0 Å². The molecule has 0 spiro atoms. The number of carbonyl (C=O) groups excluding carboxylic acids is 1. The van der Waals surface area contributed by atoms with Gasteiger partial charge in [0.05, 0.1) is 19.3 Å². The molecule has 5 heteroatoms. The molecule has 4 atom stereocenters. The molecule has 1 saturated heterocycles. The Balaban J connectivity index is 1.36. The van der Waals surface area contributed by atoms with Gasteiger partial charge in [0, 0.05) is 30.8 Å². The van der Waals surface area contributed by atoms with E-state index in [-0.39, 0.29) is 11.8 Å². The molecule has 33 heavy (non-hydrogen) atoms. The van der Waals surface area contributed by atoms with Crippen molar-refractivity contribution in [3.63, 3.8) is 0 Å². The number of Topliss-reactive ketones (excluding diaryl/α,β-unsaturated/α-hetero) is 1. The van der Waals surface area contributed by atoms with Crippen LogP contribution in [0.2, 0.25) is 0 Å². The summed E-state index contributed by atoms with van der Waals surface area (Å²) in [6.45, 7) is 2.38. The second-order valence-electron chi connectivity index (χ2n) is 10.6. The van der Waals surface area contributed by atoms with Crippen LogP contribution in [0.25, 0.3) is 0 Å². The number of ether oxygens (including phenoxy) is 2. The van der Waals surface area contributed by atoms with Gasteiger partial charge in [-0.3, -0.25) is 9.69 Å². The Kier molecular flexibility index (Phi) is 5.13. The minimum atomic E-state index is -0.991. The van der Waals surface area contributed by atoms with E-state index in [1.807, 2.05) is 36.4 Å². The van der Waals surface area contributed by atoms with Gasteiger partial charge >= 0.3 is 0 Å². The second kappa shape index (κ2) is 7.93. The Bertz CT molecular complexity index is 1050. The Hall–Kier alpha value is -2.21. The van der Waals surface area contributed by atoms with Crippen molar-refractivity contribution >= 4 is 5.78 Å². The predicted molar refractivity (Wildman–Crippen MR) is 125 cm³/mol. The van der Waals surface area contributed by atoms with E-state index in [0.717, 1.165) is 48.7 Å². The maximum atomic E-state index is 13.5. The summed E-state index contributed by atoms with van der Waals surface area (Å²) in [7, 11) is 1.68. The third-order valence-electron chi connectivity index (χ3n) is 8.71. The lowest BCUT2D eigenvalue weighted by Gasteiger charge is -2.64. The number of rotatable bonds is 6. The number of piperidine rings is 1. The van der Waals surface area contributed by atoms with E-state index in [0.29, 0.717) is 19.4 Å². The first kappa shape index (κ1) is 21.3. The van der Waals surface area contributed by atoms with Gasteiger partial charge in [-0.05, 0) is 67.0 Å². The monoisotopic (exact) mass is 447 g/mol. The van der Waals surface area contributed by atoms with Crippen molar-refractivity contribution in [3.8, 4) is 5.75 Å². The van der Waals surface area contributed by atoms with E-state index >= 15 is 0 Å². The van der Waals surface area contributed by atoms with Crippen LogP contribution in [0.1, 0.15) is 48.8 Å². The predicted octanol–water partition coefficient (Wildman–Crippen LogP) is 3.65. The molecule has 1 aliphatic heterocycles. The zero-order valence-corrected chi connectivity index (χ0v) is 19.3. The molecule has 2 saturated carbocycles. The number of likely N-dealkylation sites (tertiary alicyclic amines) is 1. The molecule has 2 bridgehead atoms. The van der Waals surface area contributed by atoms with Crippen LogP contribution >= 0.6 is 0 Å². The molecule has 6 rings (SSSR count). The number of hydrogen-bond acceptors (Lipinski definition) is 5. The topological polar surface area (TPSA) is 59.0 Å². The van der Waals surface area contributed by atoms with Crippen molar-refractivity contribution in [2.24, 2.45) is 5.92 Å². The molecule has 1 unspecified atom stereocenters. The van der Waals surface area contributed by atoms with Gasteiger partial charge in [-0.2, -0.15) is 0 Å². The highest BCUT2D eigenvalue weighted by Gasteiger charge is 2.66. The van der Waals surface area contributed by atoms with Gasteiger partial charge in [-0.15, -0.1) is 0 Å². The van der Waals surface area contributed by atoms with Gasteiger partial charge in [-0.1, -0.05) is 36.4 Å². The van der Waals surface area contributed by atoms with Crippen molar-refractivity contribution in [2.75, 3.05) is 20.2 Å². The number of nitrogens with zero attached hydrogens (tertiary/aromatic N) is 1. The summed E-state index contributed by atoms with van der Waals surface area (Å²) in [6.07, 6.45) is 4.31. The summed E-state index contributed by atoms with van der Waals surface area (Å²) in [5, 5.41) is 12.5.